The second-order valence-electron chi connectivity index (χ2n) is 3.82. The first-order valence-corrected chi connectivity index (χ1v) is 6.33. The predicted molar refractivity (Wildman–Crippen MR) is 76.0 cm³/mol. The molecule has 1 rings (SSSR count). The lowest BCUT2D eigenvalue weighted by atomic mass is 10.2. The Hall–Kier alpha value is -1.86. The molecule has 0 saturated heterocycles. The number of pyridine rings is 1. The van der Waals surface area contributed by atoms with Crippen molar-refractivity contribution < 1.29 is 14.3 Å². The van der Waals surface area contributed by atoms with Crippen molar-refractivity contribution in [1.29, 1.82) is 0 Å². The van der Waals surface area contributed by atoms with Crippen LogP contribution in [0.2, 0.25) is 5.02 Å². The van der Waals surface area contributed by atoms with E-state index in [2.05, 4.69) is 20.9 Å². The van der Waals surface area contributed by atoms with Gasteiger partial charge in [0.2, 0.25) is 5.91 Å². The fourth-order valence-corrected chi connectivity index (χ4v) is 1.55. The molecule has 110 valence electrons. The predicted octanol–water partition coefficient (Wildman–Crippen LogP) is 0.269. The molecule has 0 saturated carbocycles. The molecule has 8 heteroatoms. The second-order valence-corrected chi connectivity index (χ2v) is 4.23. The van der Waals surface area contributed by atoms with Gasteiger partial charge in [-0.2, -0.15) is 0 Å². The van der Waals surface area contributed by atoms with Crippen molar-refractivity contribution >= 4 is 29.2 Å². The van der Waals surface area contributed by atoms with E-state index in [0.717, 1.165) is 0 Å². The van der Waals surface area contributed by atoms with Crippen LogP contribution in [0.5, 0.6) is 0 Å². The molecular formula is C12H17ClN4O3. The van der Waals surface area contributed by atoms with E-state index in [0.29, 0.717) is 19.0 Å². The summed E-state index contributed by atoms with van der Waals surface area (Å²) in [4.78, 5) is 27.3. The summed E-state index contributed by atoms with van der Waals surface area (Å²) in [6, 6.07) is 1.51. The summed E-state index contributed by atoms with van der Waals surface area (Å²) in [6.07, 6.45) is 1.38. The molecule has 2 amide bonds. The number of amides is 2. The summed E-state index contributed by atoms with van der Waals surface area (Å²) >= 11 is 5.90. The van der Waals surface area contributed by atoms with Crippen LogP contribution in [0.3, 0.4) is 0 Å². The van der Waals surface area contributed by atoms with Crippen LogP contribution in [-0.2, 0) is 9.53 Å². The van der Waals surface area contributed by atoms with Gasteiger partial charge in [0.1, 0.15) is 5.82 Å². The highest BCUT2D eigenvalue weighted by Crippen LogP contribution is 2.17. The van der Waals surface area contributed by atoms with Gasteiger partial charge in [-0.25, -0.2) is 4.98 Å². The summed E-state index contributed by atoms with van der Waals surface area (Å²) in [5.41, 5.74) is 0.260. The number of nitrogens with zero attached hydrogens (tertiary/aromatic N) is 1. The molecule has 0 atom stereocenters. The van der Waals surface area contributed by atoms with Crippen LogP contribution >= 0.6 is 11.6 Å². The molecule has 0 aromatic carbocycles. The molecular weight excluding hydrogens is 284 g/mol. The van der Waals surface area contributed by atoms with Crippen LogP contribution in [0.4, 0.5) is 5.82 Å². The number of ether oxygens (including phenoxy) is 1. The van der Waals surface area contributed by atoms with Gasteiger partial charge in [0.25, 0.3) is 5.91 Å². The zero-order chi connectivity index (χ0) is 15.0. The molecule has 0 spiro atoms. The van der Waals surface area contributed by atoms with E-state index >= 15 is 0 Å². The largest absolute Gasteiger partial charge is 0.383 e. The van der Waals surface area contributed by atoms with Gasteiger partial charge < -0.3 is 20.7 Å². The normalized spacial score (nSPS) is 9.95. The minimum absolute atomic E-state index is 0.129. The Balaban J connectivity index is 2.52. The quantitative estimate of drug-likeness (QED) is 0.629. The van der Waals surface area contributed by atoms with Crippen LogP contribution in [0.25, 0.3) is 0 Å². The van der Waals surface area contributed by atoms with Crippen molar-refractivity contribution in [3.05, 3.63) is 22.8 Å². The third kappa shape index (κ3) is 5.02. The molecule has 1 aromatic heterocycles. The van der Waals surface area contributed by atoms with Crippen molar-refractivity contribution in [3.8, 4) is 0 Å². The number of anilines is 1. The van der Waals surface area contributed by atoms with Crippen molar-refractivity contribution in [2.45, 2.75) is 0 Å². The summed E-state index contributed by atoms with van der Waals surface area (Å²) in [7, 11) is 3.22. The topological polar surface area (TPSA) is 92.4 Å². The van der Waals surface area contributed by atoms with E-state index in [9.17, 15) is 9.59 Å². The minimum Gasteiger partial charge on any atom is -0.383 e. The van der Waals surface area contributed by atoms with Crippen molar-refractivity contribution in [3.63, 3.8) is 0 Å². The van der Waals surface area contributed by atoms with Gasteiger partial charge in [0, 0.05) is 26.9 Å². The Labute approximate surface area is 122 Å². The maximum absolute atomic E-state index is 11.9. The lowest BCUT2D eigenvalue weighted by Gasteiger charge is -2.08. The van der Waals surface area contributed by atoms with E-state index in [1.54, 1.807) is 14.2 Å². The van der Waals surface area contributed by atoms with Gasteiger partial charge in [0.05, 0.1) is 23.7 Å². The molecule has 1 aromatic rings. The number of carbonyl (C=O) groups excluding carboxylic acids is 2. The Morgan fingerprint density at radius 1 is 1.40 bits per heavy atom. The van der Waals surface area contributed by atoms with E-state index in [-0.39, 0.29) is 23.0 Å². The molecule has 0 bridgehead atoms. The number of methoxy groups -OCH3 is 1. The fourth-order valence-electron chi connectivity index (χ4n) is 1.36. The smallest absolute Gasteiger partial charge is 0.253 e. The molecule has 0 radical (unpaired) electrons. The Bertz CT molecular complexity index is 482. The first kappa shape index (κ1) is 16.2. The maximum Gasteiger partial charge on any atom is 0.253 e. The molecule has 0 fully saturated rings. The average molecular weight is 301 g/mol. The minimum atomic E-state index is -0.434. The number of carbonyl (C=O) groups is 2. The number of nitrogens with one attached hydrogen (secondary N) is 3. The first-order valence-electron chi connectivity index (χ1n) is 5.95. The molecule has 1 heterocycles. The number of hydrogen-bond acceptors (Lipinski definition) is 5. The third-order valence-corrected chi connectivity index (χ3v) is 2.70. The summed E-state index contributed by atoms with van der Waals surface area (Å²) in [6.45, 7) is 0.683. The molecule has 0 aliphatic rings. The van der Waals surface area contributed by atoms with Crippen LogP contribution in [-0.4, -0.2) is 50.7 Å². The standard InChI is InChI=1S/C12H17ClN4O3/c1-14-10-5-8(9(13)6-16-10)12(19)17-7-11(18)15-3-4-20-2/h5-6H,3-4,7H2,1-2H3,(H,14,16)(H,15,18)(H,17,19). The Kier molecular flexibility index (Phi) is 6.75. The Morgan fingerprint density at radius 2 is 2.15 bits per heavy atom. The summed E-state index contributed by atoms with van der Waals surface area (Å²) in [5.74, 6) is -0.214. The number of hydrogen-bond donors (Lipinski definition) is 3. The van der Waals surface area contributed by atoms with Gasteiger partial charge in [-0.3, -0.25) is 9.59 Å². The van der Waals surface area contributed by atoms with Gasteiger partial charge in [-0.1, -0.05) is 11.6 Å². The summed E-state index contributed by atoms with van der Waals surface area (Å²) in [5, 5.41) is 8.11. The summed E-state index contributed by atoms with van der Waals surface area (Å²) < 4.78 is 4.79. The van der Waals surface area contributed by atoms with E-state index in [1.807, 2.05) is 0 Å². The van der Waals surface area contributed by atoms with Gasteiger partial charge in [-0.15, -0.1) is 0 Å². The number of rotatable bonds is 7. The monoisotopic (exact) mass is 300 g/mol. The van der Waals surface area contributed by atoms with Crippen LogP contribution in [0.1, 0.15) is 10.4 Å². The highest BCUT2D eigenvalue weighted by Gasteiger charge is 2.12. The molecule has 0 aliphatic heterocycles. The van der Waals surface area contributed by atoms with Gasteiger partial charge in [0.15, 0.2) is 0 Å². The van der Waals surface area contributed by atoms with E-state index < -0.39 is 5.91 Å². The molecule has 7 nitrogen and oxygen atoms in total. The second kappa shape index (κ2) is 8.34. The van der Waals surface area contributed by atoms with E-state index in [1.165, 1.54) is 12.3 Å². The maximum atomic E-state index is 11.9. The highest BCUT2D eigenvalue weighted by molar-refractivity contribution is 6.33. The Morgan fingerprint density at radius 3 is 2.80 bits per heavy atom. The number of halogens is 1. The van der Waals surface area contributed by atoms with Crippen molar-refractivity contribution in [2.24, 2.45) is 0 Å². The molecule has 0 aliphatic carbocycles. The molecule has 0 unspecified atom stereocenters. The van der Waals surface area contributed by atoms with E-state index in [4.69, 9.17) is 16.3 Å². The van der Waals surface area contributed by atoms with Gasteiger partial charge in [-0.05, 0) is 6.07 Å². The lowest BCUT2D eigenvalue weighted by molar-refractivity contribution is -0.120. The molecule has 20 heavy (non-hydrogen) atoms. The van der Waals surface area contributed by atoms with Crippen molar-refractivity contribution in [2.75, 3.05) is 39.2 Å². The van der Waals surface area contributed by atoms with Crippen LogP contribution in [0, 0.1) is 0 Å². The third-order valence-electron chi connectivity index (χ3n) is 2.39. The zero-order valence-corrected chi connectivity index (χ0v) is 12.1. The highest BCUT2D eigenvalue weighted by atomic mass is 35.5. The molecule has 3 N–H and O–H groups in total. The SMILES string of the molecule is CNc1cc(C(=O)NCC(=O)NCCOC)c(Cl)cn1. The van der Waals surface area contributed by atoms with Crippen molar-refractivity contribution in [1.82, 2.24) is 15.6 Å². The fraction of sp³-hybridized carbons (Fsp3) is 0.417. The average Bonchev–Trinajstić information content (AvgIpc) is 2.45. The number of aromatic nitrogens is 1. The first-order chi connectivity index (χ1) is 9.58. The lowest BCUT2D eigenvalue weighted by Crippen LogP contribution is -2.38. The van der Waals surface area contributed by atoms with Crippen LogP contribution < -0.4 is 16.0 Å². The van der Waals surface area contributed by atoms with Gasteiger partial charge >= 0.3 is 0 Å². The van der Waals surface area contributed by atoms with Crippen LogP contribution in [0.15, 0.2) is 12.3 Å². The zero-order valence-electron chi connectivity index (χ0n) is 11.3.